The van der Waals surface area contributed by atoms with E-state index in [-0.39, 0.29) is 10.6 Å². The summed E-state index contributed by atoms with van der Waals surface area (Å²) in [6.07, 6.45) is 5.31. The number of ether oxygens (including phenoxy) is 1. The molecule has 26 heavy (non-hydrogen) atoms. The first kappa shape index (κ1) is 23.1. The van der Waals surface area contributed by atoms with Crippen molar-refractivity contribution in [3.8, 4) is 0 Å². The molecule has 0 radical (unpaired) electrons. The first-order valence-corrected chi connectivity index (χ1v) is 12.8. The van der Waals surface area contributed by atoms with Crippen LogP contribution in [0.3, 0.4) is 0 Å². The highest BCUT2D eigenvalue weighted by molar-refractivity contribution is 6.74. The van der Waals surface area contributed by atoms with Gasteiger partial charge in [-0.15, -0.1) is 0 Å². The minimum atomic E-state index is -1.71. The van der Waals surface area contributed by atoms with Crippen molar-refractivity contribution in [3.63, 3.8) is 0 Å². The van der Waals surface area contributed by atoms with Crippen molar-refractivity contribution in [2.24, 2.45) is 0 Å². The number of hydrogen-bond acceptors (Lipinski definition) is 2. The fourth-order valence-corrected chi connectivity index (χ4v) is 3.55. The number of allylic oxidation sites excluding steroid dienone is 2. The fourth-order valence-electron chi connectivity index (χ4n) is 2.51. The summed E-state index contributed by atoms with van der Waals surface area (Å²) in [4.78, 5) is 0. The van der Waals surface area contributed by atoms with Gasteiger partial charge in [0.1, 0.15) is 0 Å². The van der Waals surface area contributed by atoms with Gasteiger partial charge in [-0.05, 0) is 63.7 Å². The van der Waals surface area contributed by atoms with Crippen LogP contribution < -0.4 is 0 Å². The van der Waals surface area contributed by atoms with Crippen LogP contribution in [0.2, 0.25) is 18.1 Å². The van der Waals surface area contributed by atoms with Crippen molar-refractivity contribution in [1.82, 2.24) is 0 Å². The van der Waals surface area contributed by atoms with E-state index in [1.807, 2.05) is 6.07 Å². The second-order valence-electron chi connectivity index (χ2n) is 9.40. The van der Waals surface area contributed by atoms with E-state index in [0.29, 0.717) is 6.61 Å². The molecule has 0 amide bonds. The normalized spacial score (nSPS) is 14.8. The molecule has 0 aliphatic rings. The maximum atomic E-state index is 6.41. The lowest BCUT2D eigenvalue weighted by atomic mass is 9.95. The van der Waals surface area contributed by atoms with Crippen LogP contribution in [-0.4, -0.2) is 20.5 Å². The summed E-state index contributed by atoms with van der Waals surface area (Å²) in [7, 11) is -1.71. The molecule has 0 unspecified atom stereocenters. The highest BCUT2D eigenvalue weighted by Crippen LogP contribution is 2.37. The Morgan fingerprint density at radius 1 is 1.00 bits per heavy atom. The topological polar surface area (TPSA) is 18.5 Å². The van der Waals surface area contributed by atoms with E-state index in [1.54, 1.807) is 0 Å². The smallest absolute Gasteiger partial charge is 0.191 e. The summed E-state index contributed by atoms with van der Waals surface area (Å²) >= 11 is 0. The zero-order valence-electron chi connectivity index (χ0n) is 18.3. The summed E-state index contributed by atoms with van der Waals surface area (Å²) < 4.78 is 12.8. The van der Waals surface area contributed by atoms with Gasteiger partial charge in [-0.3, -0.25) is 0 Å². The Labute approximate surface area is 163 Å². The Morgan fingerprint density at radius 3 is 2.15 bits per heavy atom. The molecule has 0 aromatic heterocycles. The van der Waals surface area contributed by atoms with Crippen molar-refractivity contribution in [2.45, 2.75) is 91.1 Å². The van der Waals surface area contributed by atoms with Gasteiger partial charge < -0.3 is 9.16 Å². The largest absolute Gasteiger partial charge is 0.417 e. The monoisotopic (exact) mass is 376 g/mol. The second-order valence-corrected chi connectivity index (χ2v) is 14.2. The molecule has 0 bridgehead atoms. The number of hydrogen-bond donors (Lipinski definition) is 0. The van der Waals surface area contributed by atoms with Gasteiger partial charge in [0.15, 0.2) is 8.32 Å². The van der Waals surface area contributed by atoms with Crippen LogP contribution in [0.4, 0.5) is 0 Å². The van der Waals surface area contributed by atoms with Crippen LogP contribution in [0.5, 0.6) is 0 Å². The van der Waals surface area contributed by atoms with Gasteiger partial charge in [-0.25, -0.2) is 0 Å². The molecule has 0 saturated heterocycles. The summed E-state index contributed by atoms with van der Waals surface area (Å²) in [5.74, 6) is 0. The van der Waals surface area contributed by atoms with Crippen LogP contribution in [0.25, 0.3) is 0 Å². The molecule has 0 fully saturated rings. The standard InChI is InChI=1S/C23H40O2Si/c1-20(2)13-12-16-23(6,24-19-21-14-10-9-11-15-21)17-18-25-26(7,8)22(3,4)5/h9-11,13-15H,12,16-19H2,1-8H3/t23-/m0/s1. The first-order chi connectivity index (χ1) is 12.0. The second kappa shape index (κ2) is 9.87. The molecule has 2 nitrogen and oxygen atoms in total. The molecule has 1 rings (SSSR count). The van der Waals surface area contributed by atoms with Gasteiger partial charge in [-0.1, -0.05) is 62.8 Å². The maximum Gasteiger partial charge on any atom is 0.191 e. The van der Waals surface area contributed by atoms with Gasteiger partial charge >= 0.3 is 0 Å². The zero-order chi connectivity index (χ0) is 19.8. The molecule has 1 aromatic carbocycles. The summed E-state index contributed by atoms with van der Waals surface area (Å²) in [6, 6.07) is 10.4. The van der Waals surface area contributed by atoms with E-state index >= 15 is 0 Å². The molecule has 1 atom stereocenters. The van der Waals surface area contributed by atoms with Crippen molar-refractivity contribution >= 4 is 8.32 Å². The zero-order valence-corrected chi connectivity index (χ0v) is 19.3. The Bertz CT molecular complexity index is 553. The molecule has 0 aliphatic heterocycles. The molecule has 0 spiro atoms. The van der Waals surface area contributed by atoms with E-state index in [9.17, 15) is 0 Å². The maximum absolute atomic E-state index is 6.41. The van der Waals surface area contributed by atoms with Crippen molar-refractivity contribution in [1.29, 1.82) is 0 Å². The molecule has 0 aliphatic carbocycles. The Kier molecular flexibility index (Phi) is 8.78. The van der Waals surface area contributed by atoms with Crippen LogP contribution >= 0.6 is 0 Å². The highest BCUT2D eigenvalue weighted by Gasteiger charge is 2.37. The van der Waals surface area contributed by atoms with Crippen LogP contribution in [0, 0.1) is 0 Å². The van der Waals surface area contributed by atoms with Gasteiger partial charge in [0.25, 0.3) is 0 Å². The minimum absolute atomic E-state index is 0.163. The van der Waals surface area contributed by atoms with E-state index in [2.05, 4.69) is 85.0 Å². The van der Waals surface area contributed by atoms with E-state index in [1.165, 1.54) is 11.1 Å². The predicted molar refractivity (Wildman–Crippen MR) is 116 cm³/mol. The van der Waals surface area contributed by atoms with E-state index in [4.69, 9.17) is 9.16 Å². The van der Waals surface area contributed by atoms with Crippen molar-refractivity contribution < 1.29 is 9.16 Å². The first-order valence-electron chi connectivity index (χ1n) is 9.90. The van der Waals surface area contributed by atoms with Crippen LogP contribution in [-0.2, 0) is 15.8 Å². The lowest BCUT2D eigenvalue weighted by Crippen LogP contribution is -2.42. The van der Waals surface area contributed by atoms with Crippen LogP contribution in [0.15, 0.2) is 42.0 Å². The average Bonchev–Trinajstić information content (AvgIpc) is 2.52. The van der Waals surface area contributed by atoms with Gasteiger partial charge in [0.05, 0.1) is 12.2 Å². The Balaban J connectivity index is 2.69. The minimum Gasteiger partial charge on any atom is -0.417 e. The molecule has 3 heteroatoms. The molecule has 148 valence electrons. The average molecular weight is 377 g/mol. The molecule has 0 N–H and O–H groups in total. The van der Waals surface area contributed by atoms with Gasteiger partial charge in [0.2, 0.25) is 0 Å². The molecule has 0 saturated carbocycles. The Hall–Kier alpha value is -0.903. The predicted octanol–water partition coefficient (Wildman–Crippen LogP) is 7.12. The number of rotatable bonds is 10. The third-order valence-corrected chi connectivity index (χ3v) is 10.1. The molecule has 1 aromatic rings. The van der Waals surface area contributed by atoms with E-state index in [0.717, 1.165) is 25.9 Å². The lowest BCUT2D eigenvalue weighted by Gasteiger charge is -2.38. The molecular formula is C23H40O2Si. The van der Waals surface area contributed by atoms with Crippen LogP contribution in [0.1, 0.15) is 66.4 Å². The van der Waals surface area contributed by atoms with Crippen molar-refractivity contribution in [3.05, 3.63) is 47.5 Å². The quantitative estimate of drug-likeness (QED) is 0.320. The third kappa shape index (κ3) is 8.19. The van der Waals surface area contributed by atoms with Gasteiger partial charge in [0, 0.05) is 6.61 Å². The fraction of sp³-hybridized carbons (Fsp3) is 0.652. The number of benzene rings is 1. The SMILES string of the molecule is CC(C)=CCC[C@@](C)(CCO[Si](C)(C)C(C)(C)C)OCc1ccccc1. The Morgan fingerprint density at radius 2 is 1.62 bits per heavy atom. The summed E-state index contributed by atoms with van der Waals surface area (Å²) in [6.45, 7) is 19.5. The summed E-state index contributed by atoms with van der Waals surface area (Å²) in [5.41, 5.74) is 2.43. The summed E-state index contributed by atoms with van der Waals surface area (Å²) in [5, 5.41) is 0.246. The van der Waals surface area contributed by atoms with Gasteiger partial charge in [-0.2, -0.15) is 0 Å². The lowest BCUT2D eigenvalue weighted by molar-refractivity contribution is -0.0610. The highest BCUT2D eigenvalue weighted by atomic mass is 28.4. The van der Waals surface area contributed by atoms with E-state index < -0.39 is 8.32 Å². The molecular weight excluding hydrogens is 336 g/mol. The third-order valence-electron chi connectivity index (χ3n) is 5.56. The molecule has 0 heterocycles. The van der Waals surface area contributed by atoms with Crippen molar-refractivity contribution in [2.75, 3.05) is 6.61 Å².